The fourth-order valence-electron chi connectivity index (χ4n) is 4.17. The van der Waals surface area contributed by atoms with Crippen LogP contribution in [0, 0.1) is 0 Å². The van der Waals surface area contributed by atoms with Crippen LogP contribution >= 0.6 is 0 Å². The van der Waals surface area contributed by atoms with Crippen molar-refractivity contribution >= 4 is 22.4 Å². The summed E-state index contributed by atoms with van der Waals surface area (Å²) >= 11 is 0. The van der Waals surface area contributed by atoms with E-state index in [0.717, 1.165) is 13.2 Å². The summed E-state index contributed by atoms with van der Waals surface area (Å²) in [6.07, 6.45) is -4.00. The summed E-state index contributed by atoms with van der Waals surface area (Å²) in [5.74, 6) is -2.80. The summed E-state index contributed by atoms with van der Waals surface area (Å²) in [5.41, 5.74) is -2.41. The predicted molar refractivity (Wildman–Crippen MR) is 130 cm³/mol. The smallest absolute Gasteiger partial charge is 0.433 e. The van der Waals surface area contributed by atoms with Gasteiger partial charge in [0.25, 0.3) is 5.92 Å². The molecule has 0 atom stereocenters. The minimum absolute atomic E-state index is 0.0124. The molecular formula is C25H23F6N5O3. The fourth-order valence-corrected chi connectivity index (χ4v) is 4.17. The van der Waals surface area contributed by atoms with E-state index >= 15 is 0 Å². The van der Waals surface area contributed by atoms with E-state index in [4.69, 9.17) is 9.47 Å². The molecular weight excluding hydrogens is 532 g/mol. The molecule has 4 aromatic rings. The number of fused-ring (bicyclic) bond motifs is 1. The van der Waals surface area contributed by atoms with Crippen molar-refractivity contribution in [1.29, 1.82) is 0 Å². The van der Waals surface area contributed by atoms with Crippen molar-refractivity contribution in [3.63, 3.8) is 0 Å². The Hall–Kier alpha value is -4.07. The third-order valence-electron chi connectivity index (χ3n) is 5.87. The predicted octanol–water partition coefficient (Wildman–Crippen LogP) is 6.22. The zero-order chi connectivity index (χ0) is 28.5. The normalized spacial score (nSPS) is 12.2. The summed E-state index contributed by atoms with van der Waals surface area (Å²) in [4.78, 5) is 13.8. The molecule has 2 aromatic carbocycles. The minimum Gasteiger partial charge on any atom is -0.497 e. The van der Waals surface area contributed by atoms with E-state index in [1.807, 2.05) is 0 Å². The van der Waals surface area contributed by atoms with Gasteiger partial charge in [0, 0.05) is 43.5 Å². The molecule has 39 heavy (non-hydrogen) atoms. The number of benzene rings is 2. The van der Waals surface area contributed by atoms with Crippen molar-refractivity contribution in [2.24, 2.45) is 7.05 Å². The second-order valence-electron chi connectivity index (χ2n) is 8.55. The highest BCUT2D eigenvalue weighted by atomic mass is 19.4. The van der Waals surface area contributed by atoms with E-state index < -0.39 is 34.7 Å². The number of methoxy groups -OCH3 is 2. The van der Waals surface area contributed by atoms with Gasteiger partial charge in [0.1, 0.15) is 23.8 Å². The summed E-state index contributed by atoms with van der Waals surface area (Å²) in [6, 6.07) is 9.63. The molecule has 0 saturated heterocycles. The van der Waals surface area contributed by atoms with Crippen molar-refractivity contribution in [2.45, 2.75) is 19.0 Å². The van der Waals surface area contributed by atoms with E-state index in [2.05, 4.69) is 20.0 Å². The zero-order valence-electron chi connectivity index (χ0n) is 21.2. The van der Waals surface area contributed by atoms with Gasteiger partial charge in [-0.15, -0.1) is 0 Å². The van der Waals surface area contributed by atoms with Gasteiger partial charge in [-0.2, -0.15) is 32.0 Å². The Morgan fingerprint density at radius 3 is 2.15 bits per heavy atom. The van der Waals surface area contributed by atoms with Crippen LogP contribution in [0.25, 0.3) is 22.3 Å². The Labute approximate surface area is 218 Å². The van der Waals surface area contributed by atoms with Crippen molar-refractivity contribution in [2.75, 3.05) is 32.3 Å². The average molecular weight is 555 g/mol. The number of ether oxygens (including phenoxy) is 2. The molecule has 208 valence electrons. The van der Waals surface area contributed by atoms with Crippen LogP contribution in [0.2, 0.25) is 0 Å². The lowest BCUT2D eigenvalue weighted by atomic mass is 10.1. The lowest BCUT2D eigenvalue weighted by Crippen LogP contribution is -2.21. The highest BCUT2D eigenvalue weighted by Gasteiger charge is 2.44. The highest BCUT2D eigenvalue weighted by molar-refractivity contribution is 5.83. The number of alkyl halides is 5. The van der Waals surface area contributed by atoms with Gasteiger partial charge in [-0.25, -0.2) is 4.98 Å². The SMILES string of the molecule is COc1cc(OC)cc(N(CCOF)c2ccc3ncc(-c4c(C(C)(F)F)nn(C)c4C(F)(F)F)nc3c2)c1. The Morgan fingerprint density at radius 1 is 0.923 bits per heavy atom. The minimum atomic E-state index is -4.99. The quantitative estimate of drug-likeness (QED) is 0.227. The standard InChI is InChI=1S/C25H23F6N5O3/c1-24(26,27)22-21(23(25(28,29)30)35(2)34-22)20-13-32-18-6-5-14(11-19(18)33-20)36(7-8-39-31)15-9-16(37-3)12-17(10-15)38-4/h5-6,9-13H,7-8H2,1-4H3. The summed E-state index contributed by atoms with van der Waals surface area (Å²) < 4.78 is 94.0. The molecule has 2 heterocycles. The van der Waals surface area contributed by atoms with Crippen LogP contribution in [0.3, 0.4) is 0 Å². The van der Waals surface area contributed by atoms with Crippen molar-refractivity contribution in [3.8, 4) is 22.8 Å². The monoisotopic (exact) mass is 555 g/mol. The molecule has 0 aliphatic carbocycles. The van der Waals surface area contributed by atoms with Crippen LogP contribution < -0.4 is 14.4 Å². The van der Waals surface area contributed by atoms with Crippen molar-refractivity contribution in [1.82, 2.24) is 19.7 Å². The number of anilines is 2. The molecule has 0 N–H and O–H groups in total. The fraction of sp³-hybridized carbons (Fsp3) is 0.320. The number of rotatable bonds is 9. The molecule has 0 radical (unpaired) electrons. The van der Waals surface area contributed by atoms with Crippen LogP contribution in [0.5, 0.6) is 11.5 Å². The molecule has 0 fully saturated rings. The van der Waals surface area contributed by atoms with Gasteiger partial charge in [0.15, 0.2) is 5.69 Å². The molecule has 8 nitrogen and oxygen atoms in total. The number of hydrogen-bond donors (Lipinski definition) is 0. The van der Waals surface area contributed by atoms with Crippen molar-refractivity contribution < 1.29 is 40.9 Å². The van der Waals surface area contributed by atoms with Crippen LogP contribution in [-0.2, 0) is 24.1 Å². The number of halogens is 6. The Bertz CT molecular complexity index is 1460. The maximum atomic E-state index is 14.3. The highest BCUT2D eigenvalue weighted by Crippen LogP contribution is 2.43. The van der Waals surface area contributed by atoms with E-state index in [9.17, 15) is 26.5 Å². The van der Waals surface area contributed by atoms with Gasteiger partial charge in [-0.05, 0) is 22.7 Å². The molecule has 0 bridgehead atoms. The molecule has 0 saturated carbocycles. The van der Waals surface area contributed by atoms with Gasteiger partial charge in [0.2, 0.25) is 0 Å². The van der Waals surface area contributed by atoms with Crippen molar-refractivity contribution in [3.05, 3.63) is 54.0 Å². The molecule has 4 rings (SSSR count). The number of aromatic nitrogens is 4. The first kappa shape index (κ1) is 28.0. The Morgan fingerprint density at radius 2 is 1.59 bits per heavy atom. The number of hydrogen-bond acceptors (Lipinski definition) is 7. The van der Waals surface area contributed by atoms with Gasteiger partial charge in [0.05, 0.1) is 49.3 Å². The van der Waals surface area contributed by atoms with E-state index in [1.165, 1.54) is 20.3 Å². The molecule has 0 spiro atoms. The lowest BCUT2D eigenvalue weighted by molar-refractivity contribution is -0.143. The zero-order valence-corrected chi connectivity index (χ0v) is 21.2. The van der Waals surface area contributed by atoms with Gasteiger partial charge in [-0.3, -0.25) is 9.67 Å². The van der Waals surface area contributed by atoms with Crippen LogP contribution in [0.15, 0.2) is 42.6 Å². The first-order valence-electron chi connectivity index (χ1n) is 11.4. The summed E-state index contributed by atoms with van der Waals surface area (Å²) in [6.45, 7) is 0.139. The Balaban J connectivity index is 1.89. The molecule has 0 unspecified atom stereocenters. The largest absolute Gasteiger partial charge is 0.497 e. The van der Waals surface area contributed by atoms with Crippen LogP contribution in [0.4, 0.5) is 37.9 Å². The average Bonchev–Trinajstić information content (AvgIpc) is 3.26. The molecule has 0 aliphatic rings. The van der Waals surface area contributed by atoms with E-state index in [0.29, 0.717) is 34.5 Å². The molecule has 14 heteroatoms. The molecule has 0 aliphatic heterocycles. The van der Waals surface area contributed by atoms with E-state index in [-0.39, 0.29) is 24.2 Å². The van der Waals surface area contributed by atoms with Crippen LogP contribution in [0.1, 0.15) is 18.3 Å². The number of aryl methyl sites for hydroxylation is 1. The van der Waals surface area contributed by atoms with Gasteiger partial charge >= 0.3 is 6.18 Å². The summed E-state index contributed by atoms with van der Waals surface area (Å²) in [5, 5.41) is 3.45. The molecule has 2 aromatic heterocycles. The number of nitrogens with zero attached hydrogens (tertiary/aromatic N) is 5. The first-order chi connectivity index (χ1) is 18.4. The van der Waals surface area contributed by atoms with Gasteiger partial charge < -0.3 is 14.4 Å². The Kier molecular flexibility index (Phi) is 7.59. The maximum Gasteiger partial charge on any atom is 0.433 e. The summed E-state index contributed by atoms with van der Waals surface area (Å²) in [7, 11) is 3.85. The third kappa shape index (κ3) is 5.70. The topological polar surface area (TPSA) is 74.5 Å². The first-order valence-corrected chi connectivity index (χ1v) is 11.4. The second kappa shape index (κ2) is 10.6. The maximum absolute atomic E-state index is 14.3. The third-order valence-corrected chi connectivity index (χ3v) is 5.87. The second-order valence-corrected chi connectivity index (χ2v) is 8.55. The van der Waals surface area contributed by atoms with Gasteiger partial charge in [-0.1, -0.05) is 0 Å². The molecule has 0 amide bonds. The lowest BCUT2D eigenvalue weighted by Gasteiger charge is -2.25. The van der Waals surface area contributed by atoms with E-state index in [1.54, 1.807) is 35.2 Å². The van der Waals surface area contributed by atoms with Crippen LogP contribution in [-0.4, -0.2) is 47.1 Å².